The number of Topliss-reactive ketones (excluding diaryl/α,β-unsaturated/α-hetero) is 1. The van der Waals surface area contributed by atoms with Crippen molar-refractivity contribution in [2.45, 2.75) is 92.5 Å². The zero-order valence-electron chi connectivity index (χ0n) is 23.8. The lowest BCUT2D eigenvalue weighted by atomic mass is 9.78. The molecule has 8 heteroatoms. The van der Waals surface area contributed by atoms with Gasteiger partial charge in [-0.15, -0.1) is 12.4 Å². The third-order valence-corrected chi connectivity index (χ3v) is 6.46. The predicted octanol–water partition coefficient (Wildman–Crippen LogP) is 6.06. The van der Waals surface area contributed by atoms with Crippen molar-refractivity contribution in [1.29, 1.82) is 5.41 Å². The average Bonchev–Trinajstić information content (AvgIpc) is 3.12. The number of nitrogens with zero attached hydrogens (tertiary/aromatic N) is 2. The summed E-state index contributed by atoms with van der Waals surface area (Å²) in [5.74, 6) is -0.294. The Labute approximate surface area is 227 Å². The van der Waals surface area contributed by atoms with E-state index in [1.807, 2.05) is 67.5 Å². The number of aromatic hydroxyl groups is 1. The van der Waals surface area contributed by atoms with Gasteiger partial charge in [-0.3, -0.25) is 14.8 Å². The number of ketones is 1. The molecule has 7 nitrogen and oxygen atoms in total. The Morgan fingerprint density at radius 1 is 1.00 bits per heavy atom. The first-order chi connectivity index (χ1) is 16.6. The highest BCUT2D eigenvalue weighted by Crippen LogP contribution is 2.40. The van der Waals surface area contributed by atoms with Crippen LogP contribution in [0.5, 0.6) is 5.75 Å². The predicted molar refractivity (Wildman–Crippen MR) is 151 cm³/mol. The summed E-state index contributed by atoms with van der Waals surface area (Å²) in [7, 11) is 0. The molecule has 0 unspecified atom stereocenters. The van der Waals surface area contributed by atoms with Gasteiger partial charge in [-0.25, -0.2) is 4.79 Å². The van der Waals surface area contributed by atoms with Crippen molar-refractivity contribution in [3.63, 3.8) is 0 Å². The highest BCUT2D eigenvalue weighted by Gasteiger charge is 2.27. The van der Waals surface area contributed by atoms with Crippen LogP contribution in [-0.2, 0) is 31.7 Å². The number of phenols is 1. The minimum Gasteiger partial charge on any atom is -0.507 e. The molecular formula is C29H44ClN3O4. The van der Waals surface area contributed by atoms with Crippen molar-refractivity contribution < 1.29 is 19.4 Å². The lowest BCUT2D eigenvalue weighted by molar-refractivity contribution is -0.136. The third kappa shape index (κ3) is 7.60. The van der Waals surface area contributed by atoms with E-state index >= 15 is 0 Å². The van der Waals surface area contributed by atoms with E-state index in [2.05, 4.69) is 0 Å². The Kier molecular flexibility index (Phi) is 11.0. The average molecular weight is 534 g/mol. The largest absolute Gasteiger partial charge is 0.507 e. The molecule has 2 aromatic rings. The fourth-order valence-corrected chi connectivity index (χ4v) is 4.26. The van der Waals surface area contributed by atoms with Gasteiger partial charge in [-0.05, 0) is 54.4 Å². The van der Waals surface area contributed by atoms with Crippen LogP contribution in [0.4, 0.5) is 0 Å². The van der Waals surface area contributed by atoms with E-state index in [4.69, 9.17) is 10.1 Å². The molecule has 37 heavy (non-hydrogen) atoms. The molecule has 0 spiro atoms. The van der Waals surface area contributed by atoms with Crippen LogP contribution in [0.1, 0.15) is 91.8 Å². The minimum atomic E-state index is -0.567. The summed E-state index contributed by atoms with van der Waals surface area (Å²) < 4.78 is 8.32. The number of imidazole rings is 1. The van der Waals surface area contributed by atoms with Gasteiger partial charge in [0.2, 0.25) is 5.62 Å². The fourth-order valence-electron chi connectivity index (χ4n) is 4.26. The lowest BCUT2D eigenvalue weighted by Crippen LogP contribution is -2.30. The second-order valence-corrected chi connectivity index (χ2v) is 11.3. The maximum Gasteiger partial charge on any atom is 0.355 e. The number of hydrogen-bond donors (Lipinski definition) is 2. The Balaban J connectivity index is 0.00000684. The Bertz CT molecular complexity index is 1150. The summed E-state index contributed by atoms with van der Waals surface area (Å²) in [4.78, 5) is 25.7. The fraction of sp³-hybridized carbons (Fsp3) is 0.552. The molecule has 1 aromatic carbocycles. The monoisotopic (exact) mass is 533 g/mol. The van der Waals surface area contributed by atoms with Crippen LogP contribution in [0.15, 0.2) is 24.5 Å². The van der Waals surface area contributed by atoms with Gasteiger partial charge in [0.05, 0.1) is 13.2 Å². The number of esters is 1. The summed E-state index contributed by atoms with van der Waals surface area (Å²) >= 11 is 0. The molecular weight excluding hydrogens is 490 g/mol. The Morgan fingerprint density at radius 2 is 1.51 bits per heavy atom. The van der Waals surface area contributed by atoms with Crippen LogP contribution >= 0.6 is 12.4 Å². The molecule has 1 heterocycles. The number of carbonyl (C=O) groups excluding carboxylic acids is 2. The van der Waals surface area contributed by atoms with E-state index in [-0.39, 0.29) is 65.2 Å². The van der Waals surface area contributed by atoms with Crippen molar-refractivity contribution in [3.8, 4) is 5.75 Å². The van der Waals surface area contributed by atoms with Crippen LogP contribution in [0.3, 0.4) is 0 Å². The van der Waals surface area contributed by atoms with Gasteiger partial charge in [0, 0.05) is 29.4 Å². The number of hydrogen-bond acceptors (Lipinski definition) is 5. The van der Waals surface area contributed by atoms with Crippen LogP contribution < -0.4 is 5.62 Å². The number of halogens is 1. The second kappa shape index (κ2) is 12.6. The van der Waals surface area contributed by atoms with Gasteiger partial charge >= 0.3 is 5.97 Å². The quantitative estimate of drug-likeness (QED) is 0.302. The highest BCUT2D eigenvalue weighted by atomic mass is 35.5. The number of carbonyl (C=O) groups is 2. The van der Waals surface area contributed by atoms with Crippen LogP contribution in [0, 0.1) is 11.3 Å². The standard InChI is InChI=1S/C29H43N3O4.ClH/c1-10-20(11-2)24(33)18-31-13-14-32(27(31)30)23(26(35)36-12-3)17-19-15-21(28(4,5)6)25(34)22(16-19)29(7,8)9;/h13-17,20,30,34H,10-12,18H2,1-9H3;1H. The van der Waals surface area contributed by atoms with Gasteiger partial charge in [0.25, 0.3) is 0 Å². The SMILES string of the molecule is CCOC(=O)C(=Cc1cc(C(C)(C)C)c(O)c(C(C)(C)C)c1)n1ccn(CC(=O)C(CC)CC)c1=N.Cl. The normalized spacial score (nSPS) is 12.4. The van der Waals surface area contributed by atoms with Crippen molar-refractivity contribution in [2.75, 3.05) is 6.61 Å². The molecule has 0 saturated carbocycles. The van der Waals surface area contributed by atoms with E-state index in [0.29, 0.717) is 0 Å². The number of benzene rings is 1. The first kappa shape index (κ1) is 32.2. The molecule has 0 fully saturated rings. The number of ether oxygens (including phenoxy) is 1. The molecule has 0 aliphatic heterocycles. The molecule has 0 atom stereocenters. The summed E-state index contributed by atoms with van der Waals surface area (Å²) in [5, 5.41) is 19.8. The van der Waals surface area contributed by atoms with Crippen LogP contribution in [0.25, 0.3) is 11.8 Å². The number of nitrogens with one attached hydrogen (secondary N) is 1. The molecule has 0 bridgehead atoms. The smallest absolute Gasteiger partial charge is 0.355 e. The van der Waals surface area contributed by atoms with Crippen molar-refractivity contribution in [1.82, 2.24) is 9.13 Å². The summed E-state index contributed by atoms with van der Waals surface area (Å²) in [6, 6.07) is 3.75. The molecule has 206 valence electrons. The van der Waals surface area contributed by atoms with Gasteiger partial charge in [0.15, 0.2) is 5.78 Å². The maximum absolute atomic E-state index is 13.0. The van der Waals surface area contributed by atoms with Crippen molar-refractivity contribution in [3.05, 3.63) is 46.8 Å². The summed E-state index contributed by atoms with van der Waals surface area (Å²) in [6.07, 6.45) is 6.46. The molecule has 0 saturated heterocycles. The first-order valence-electron chi connectivity index (χ1n) is 12.8. The maximum atomic E-state index is 13.0. The molecule has 0 amide bonds. The zero-order chi connectivity index (χ0) is 27.4. The van der Waals surface area contributed by atoms with Crippen LogP contribution in [-0.4, -0.2) is 32.6 Å². The van der Waals surface area contributed by atoms with Gasteiger partial charge in [-0.2, -0.15) is 0 Å². The van der Waals surface area contributed by atoms with Crippen molar-refractivity contribution in [2.24, 2.45) is 5.92 Å². The molecule has 0 aliphatic rings. The molecule has 0 radical (unpaired) electrons. The Morgan fingerprint density at radius 3 is 1.95 bits per heavy atom. The van der Waals surface area contributed by atoms with Gasteiger partial charge in [-0.1, -0.05) is 55.4 Å². The molecule has 2 N–H and O–H groups in total. The number of rotatable bonds is 9. The topological polar surface area (TPSA) is 97.3 Å². The number of aromatic nitrogens is 2. The van der Waals surface area contributed by atoms with E-state index in [9.17, 15) is 14.7 Å². The van der Waals surface area contributed by atoms with Gasteiger partial charge < -0.3 is 14.4 Å². The van der Waals surface area contributed by atoms with Crippen molar-refractivity contribution >= 4 is 35.9 Å². The molecule has 2 rings (SSSR count). The zero-order valence-corrected chi connectivity index (χ0v) is 24.6. The van der Waals surface area contributed by atoms with Gasteiger partial charge in [0.1, 0.15) is 11.4 Å². The molecule has 1 aromatic heterocycles. The number of phenolic OH excluding ortho intramolecular Hbond substituents is 1. The summed E-state index contributed by atoms with van der Waals surface area (Å²) in [5.41, 5.74) is 1.79. The highest BCUT2D eigenvalue weighted by molar-refractivity contribution is 6.15. The van der Waals surface area contributed by atoms with E-state index < -0.39 is 5.97 Å². The van der Waals surface area contributed by atoms with E-state index in [0.717, 1.165) is 29.5 Å². The first-order valence-corrected chi connectivity index (χ1v) is 12.8. The molecule has 0 aliphatic carbocycles. The Hall–Kier alpha value is -2.80. The van der Waals surface area contributed by atoms with Crippen LogP contribution in [0.2, 0.25) is 0 Å². The van der Waals surface area contributed by atoms with E-state index in [1.54, 1.807) is 30.0 Å². The third-order valence-electron chi connectivity index (χ3n) is 6.46. The second-order valence-electron chi connectivity index (χ2n) is 11.3. The lowest BCUT2D eigenvalue weighted by Gasteiger charge is -2.28. The van der Waals surface area contributed by atoms with E-state index in [1.165, 1.54) is 4.57 Å². The minimum absolute atomic E-state index is 0. The summed E-state index contributed by atoms with van der Waals surface area (Å²) in [6.45, 7) is 18.2.